The van der Waals surface area contributed by atoms with Crippen LogP contribution in [-0.4, -0.2) is 65.4 Å². The summed E-state index contributed by atoms with van der Waals surface area (Å²) >= 11 is 1.18. The standard InChI is InChI=1S/C22H22N6O5S/c1-26-8-7-16(25-26)19-23-24-22(27(19)12-15-6-3-9-33-15)34-17-11-18(29)28(20(17)30)14-5-2-4-13(10-14)21(31)32/h2,4-5,7-8,10,15,17H,3,6,9,11-12H2,1H3,(H,31,32)/t15-,17-/m1/s1. The molecule has 2 amide bonds. The number of aromatic carboxylic acids is 1. The Hall–Kier alpha value is -3.51. The molecule has 0 unspecified atom stereocenters. The molecule has 2 fully saturated rings. The molecule has 0 aliphatic carbocycles. The summed E-state index contributed by atoms with van der Waals surface area (Å²) in [6.07, 6.45) is 3.70. The van der Waals surface area contributed by atoms with Crippen LogP contribution in [0.1, 0.15) is 29.6 Å². The zero-order chi connectivity index (χ0) is 23.8. The minimum atomic E-state index is -1.13. The van der Waals surface area contributed by atoms with E-state index in [1.807, 2.05) is 23.9 Å². The van der Waals surface area contributed by atoms with Gasteiger partial charge in [0, 0.05) is 26.3 Å². The van der Waals surface area contributed by atoms with Gasteiger partial charge in [-0.05, 0) is 37.1 Å². The summed E-state index contributed by atoms with van der Waals surface area (Å²) in [5.41, 5.74) is 0.902. The Morgan fingerprint density at radius 1 is 1.26 bits per heavy atom. The van der Waals surface area contributed by atoms with Gasteiger partial charge in [-0.15, -0.1) is 10.2 Å². The van der Waals surface area contributed by atoms with E-state index in [0.717, 1.165) is 17.7 Å². The quantitative estimate of drug-likeness (QED) is 0.502. The van der Waals surface area contributed by atoms with Crippen LogP contribution in [0.3, 0.4) is 0 Å². The average Bonchev–Trinajstić information content (AvgIpc) is 3.59. The smallest absolute Gasteiger partial charge is 0.335 e. The molecule has 2 aliphatic heterocycles. The number of carboxylic acid groups (broad SMARTS) is 1. The fourth-order valence-corrected chi connectivity index (χ4v) is 5.19. The van der Waals surface area contributed by atoms with E-state index in [0.29, 0.717) is 29.8 Å². The van der Waals surface area contributed by atoms with Crippen LogP contribution < -0.4 is 4.90 Å². The van der Waals surface area contributed by atoms with Crippen molar-refractivity contribution in [1.29, 1.82) is 0 Å². The molecular weight excluding hydrogens is 460 g/mol. The number of imide groups is 1. The lowest BCUT2D eigenvalue weighted by Crippen LogP contribution is -2.31. The molecular formula is C22H22N6O5S. The van der Waals surface area contributed by atoms with E-state index in [1.54, 1.807) is 10.7 Å². The number of anilines is 1. The maximum atomic E-state index is 13.2. The van der Waals surface area contributed by atoms with Crippen LogP contribution in [-0.2, 0) is 27.9 Å². The summed E-state index contributed by atoms with van der Waals surface area (Å²) in [6.45, 7) is 1.22. The van der Waals surface area contributed by atoms with E-state index in [9.17, 15) is 19.5 Å². The molecule has 2 aliphatic rings. The van der Waals surface area contributed by atoms with Crippen molar-refractivity contribution in [1.82, 2.24) is 24.5 Å². The second-order valence-electron chi connectivity index (χ2n) is 8.16. The summed E-state index contributed by atoms with van der Waals surface area (Å²) in [5, 5.41) is 22.1. The van der Waals surface area contributed by atoms with Gasteiger partial charge in [0.15, 0.2) is 11.0 Å². The number of hydrogen-bond acceptors (Lipinski definition) is 8. The number of ether oxygens (including phenoxy) is 1. The molecule has 0 radical (unpaired) electrons. The zero-order valence-corrected chi connectivity index (χ0v) is 19.1. The molecule has 2 saturated heterocycles. The summed E-state index contributed by atoms with van der Waals surface area (Å²) < 4.78 is 9.38. The highest BCUT2D eigenvalue weighted by Crippen LogP contribution is 2.35. The van der Waals surface area contributed by atoms with Crippen LogP contribution in [0.2, 0.25) is 0 Å². The van der Waals surface area contributed by atoms with E-state index in [2.05, 4.69) is 15.3 Å². The van der Waals surface area contributed by atoms with Crippen molar-refractivity contribution < 1.29 is 24.2 Å². The van der Waals surface area contributed by atoms with Gasteiger partial charge in [0.2, 0.25) is 11.8 Å². The van der Waals surface area contributed by atoms with Crippen LogP contribution in [0.4, 0.5) is 5.69 Å². The van der Waals surface area contributed by atoms with Crippen molar-refractivity contribution in [2.45, 2.75) is 42.3 Å². The van der Waals surface area contributed by atoms with Gasteiger partial charge in [0.05, 0.1) is 23.9 Å². The van der Waals surface area contributed by atoms with Crippen molar-refractivity contribution in [3.05, 3.63) is 42.1 Å². The Kier molecular flexibility index (Phi) is 5.92. The number of hydrogen-bond donors (Lipinski definition) is 1. The van der Waals surface area contributed by atoms with Gasteiger partial charge in [-0.2, -0.15) is 5.10 Å². The third-order valence-corrected chi connectivity index (χ3v) is 6.94. The summed E-state index contributed by atoms with van der Waals surface area (Å²) in [6, 6.07) is 7.64. The lowest BCUT2D eigenvalue weighted by Gasteiger charge is -2.16. The minimum absolute atomic E-state index is 0.00510. The highest BCUT2D eigenvalue weighted by atomic mass is 32.2. The van der Waals surface area contributed by atoms with Gasteiger partial charge in [-0.1, -0.05) is 17.8 Å². The van der Waals surface area contributed by atoms with Crippen LogP contribution in [0.15, 0.2) is 41.7 Å². The Balaban J connectivity index is 1.42. The predicted molar refractivity (Wildman–Crippen MR) is 121 cm³/mol. The molecule has 0 bridgehead atoms. The summed E-state index contributed by atoms with van der Waals surface area (Å²) in [7, 11) is 1.82. The predicted octanol–water partition coefficient (Wildman–Crippen LogP) is 1.98. The van der Waals surface area contributed by atoms with E-state index in [1.165, 1.54) is 30.0 Å². The first kappa shape index (κ1) is 22.3. The molecule has 0 spiro atoms. The number of thioether (sulfide) groups is 1. The van der Waals surface area contributed by atoms with Gasteiger partial charge in [-0.25, -0.2) is 9.69 Å². The number of carbonyl (C=O) groups excluding carboxylic acids is 2. The van der Waals surface area contributed by atoms with Gasteiger partial charge in [0.1, 0.15) is 10.9 Å². The third kappa shape index (κ3) is 4.21. The number of benzene rings is 1. The molecule has 12 heteroatoms. The highest BCUT2D eigenvalue weighted by Gasteiger charge is 2.41. The van der Waals surface area contributed by atoms with Crippen molar-refractivity contribution >= 4 is 35.2 Å². The van der Waals surface area contributed by atoms with Gasteiger partial charge in [-0.3, -0.25) is 18.8 Å². The number of nitrogens with zero attached hydrogens (tertiary/aromatic N) is 6. The van der Waals surface area contributed by atoms with Crippen molar-refractivity contribution in [2.24, 2.45) is 7.05 Å². The topological polar surface area (TPSA) is 132 Å². The largest absolute Gasteiger partial charge is 0.478 e. The van der Waals surface area contributed by atoms with Crippen LogP contribution in [0.5, 0.6) is 0 Å². The summed E-state index contributed by atoms with van der Waals surface area (Å²) in [4.78, 5) is 38.3. The van der Waals surface area contributed by atoms with Crippen molar-refractivity contribution in [2.75, 3.05) is 11.5 Å². The average molecular weight is 483 g/mol. The first-order valence-corrected chi connectivity index (χ1v) is 11.7. The van der Waals surface area contributed by atoms with Gasteiger partial charge < -0.3 is 9.84 Å². The molecule has 1 N–H and O–H groups in total. The lowest BCUT2D eigenvalue weighted by atomic mass is 10.2. The van der Waals surface area contributed by atoms with Crippen LogP contribution in [0, 0.1) is 0 Å². The summed E-state index contributed by atoms with van der Waals surface area (Å²) in [5.74, 6) is -1.36. The number of carbonyl (C=O) groups is 3. The normalized spacial score (nSPS) is 20.4. The zero-order valence-electron chi connectivity index (χ0n) is 18.3. The SMILES string of the molecule is Cn1ccc(-c2nnc(S[C@@H]3CC(=O)N(c4cccc(C(=O)O)c4)C3=O)n2C[C@H]2CCCO2)n1. The van der Waals surface area contributed by atoms with Crippen molar-refractivity contribution in [3.8, 4) is 11.5 Å². The maximum Gasteiger partial charge on any atom is 0.335 e. The second kappa shape index (κ2) is 9.03. The number of aromatic nitrogens is 5. The fraction of sp³-hybridized carbons (Fsp3) is 0.364. The van der Waals surface area contributed by atoms with Crippen LogP contribution in [0.25, 0.3) is 11.5 Å². The molecule has 0 saturated carbocycles. The molecule has 4 heterocycles. The van der Waals surface area contributed by atoms with Crippen LogP contribution >= 0.6 is 11.8 Å². The van der Waals surface area contributed by atoms with Gasteiger partial charge >= 0.3 is 5.97 Å². The highest BCUT2D eigenvalue weighted by molar-refractivity contribution is 8.00. The number of aryl methyl sites for hydroxylation is 1. The van der Waals surface area contributed by atoms with E-state index < -0.39 is 17.1 Å². The number of rotatable bonds is 7. The Morgan fingerprint density at radius 3 is 2.82 bits per heavy atom. The minimum Gasteiger partial charge on any atom is -0.478 e. The fourth-order valence-electron chi connectivity index (χ4n) is 4.13. The molecule has 3 aromatic rings. The first-order chi connectivity index (χ1) is 16.4. The molecule has 5 rings (SSSR count). The third-order valence-electron chi connectivity index (χ3n) is 5.77. The molecule has 2 atom stereocenters. The first-order valence-electron chi connectivity index (χ1n) is 10.8. The van der Waals surface area contributed by atoms with E-state index in [-0.39, 0.29) is 29.7 Å². The monoisotopic (exact) mass is 482 g/mol. The molecule has 34 heavy (non-hydrogen) atoms. The Morgan fingerprint density at radius 2 is 2.12 bits per heavy atom. The molecule has 1 aromatic carbocycles. The number of carboxylic acids is 1. The maximum absolute atomic E-state index is 13.2. The Labute approximate surface area is 198 Å². The molecule has 2 aromatic heterocycles. The number of amides is 2. The second-order valence-corrected chi connectivity index (χ2v) is 9.33. The van der Waals surface area contributed by atoms with E-state index >= 15 is 0 Å². The lowest BCUT2D eigenvalue weighted by molar-refractivity contribution is -0.121. The molecule has 176 valence electrons. The van der Waals surface area contributed by atoms with Gasteiger partial charge in [0.25, 0.3) is 0 Å². The van der Waals surface area contributed by atoms with E-state index in [4.69, 9.17) is 4.74 Å². The molecule has 11 nitrogen and oxygen atoms in total. The van der Waals surface area contributed by atoms with Crippen molar-refractivity contribution in [3.63, 3.8) is 0 Å². The Bertz CT molecular complexity index is 1260.